The van der Waals surface area contributed by atoms with Gasteiger partial charge < -0.3 is 14.6 Å². The normalized spacial score (nSPS) is 15.1. The van der Waals surface area contributed by atoms with E-state index in [0.717, 1.165) is 16.7 Å². The van der Waals surface area contributed by atoms with Crippen molar-refractivity contribution in [2.24, 2.45) is 0 Å². The lowest BCUT2D eigenvalue weighted by molar-refractivity contribution is 0.134. The summed E-state index contributed by atoms with van der Waals surface area (Å²) in [4.78, 5) is 0. The molecule has 0 aliphatic carbocycles. The lowest BCUT2D eigenvalue weighted by Crippen LogP contribution is -2.03. The maximum Gasteiger partial charge on any atom is 0.125 e. The number of para-hydroxylation sites is 1. The highest BCUT2D eigenvalue weighted by Crippen LogP contribution is 2.31. The summed E-state index contributed by atoms with van der Waals surface area (Å²) < 4.78 is 10.7. The first-order valence-corrected chi connectivity index (χ1v) is 6.30. The second-order valence-electron chi connectivity index (χ2n) is 4.67. The minimum Gasteiger partial charge on any atom is -0.496 e. The standard InChI is InChI=1S/C16H16O3/c1-18-15-5-3-2-4-14(15)16(17)11-6-7-12-9-19-10-13(12)8-11/h2-8,16-17H,9-10H2,1H3. The predicted molar refractivity (Wildman–Crippen MR) is 72.0 cm³/mol. The molecular formula is C16H16O3. The molecular weight excluding hydrogens is 240 g/mol. The van der Waals surface area contributed by atoms with Gasteiger partial charge in [0.05, 0.1) is 20.3 Å². The summed E-state index contributed by atoms with van der Waals surface area (Å²) in [5.74, 6) is 0.701. The lowest BCUT2D eigenvalue weighted by Gasteiger charge is -2.15. The Kier molecular flexibility index (Phi) is 3.23. The molecule has 1 N–H and O–H groups in total. The van der Waals surface area contributed by atoms with E-state index < -0.39 is 6.10 Å². The van der Waals surface area contributed by atoms with Gasteiger partial charge in [0, 0.05) is 5.56 Å². The zero-order chi connectivity index (χ0) is 13.2. The molecule has 0 bridgehead atoms. The summed E-state index contributed by atoms with van der Waals surface area (Å²) in [6, 6.07) is 13.5. The van der Waals surface area contributed by atoms with Crippen molar-refractivity contribution in [1.29, 1.82) is 0 Å². The van der Waals surface area contributed by atoms with E-state index in [4.69, 9.17) is 9.47 Å². The van der Waals surface area contributed by atoms with Crippen molar-refractivity contribution < 1.29 is 14.6 Å². The number of hydrogen-bond donors (Lipinski definition) is 1. The minimum absolute atomic E-state index is 0.627. The van der Waals surface area contributed by atoms with Gasteiger partial charge in [0.1, 0.15) is 11.9 Å². The number of methoxy groups -OCH3 is 1. The molecule has 0 saturated heterocycles. The summed E-state index contributed by atoms with van der Waals surface area (Å²) >= 11 is 0. The van der Waals surface area contributed by atoms with Crippen molar-refractivity contribution in [3.8, 4) is 5.75 Å². The van der Waals surface area contributed by atoms with Crippen LogP contribution in [0, 0.1) is 0 Å². The number of ether oxygens (including phenoxy) is 2. The molecule has 1 aliphatic heterocycles. The van der Waals surface area contributed by atoms with Gasteiger partial charge in [0.2, 0.25) is 0 Å². The highest BCUT2D eigenvalue weighted by atomic mass is 16.5. The molecule has 0 spiro atoms. The van der Waals surface area contributed by atoms with Crippen LogP contribution in [-0.2, 0) is 18.0 Å². The second-order valence-corrected chi connectivity index (χ2v) is 4.67. The van der Waals surface area contributed by atoms with E-state index in [1.165, 1.54) is 5.56 Å². The highest BCUT2D eigenvalue weighted by molar-refractivity contribution is 5.42. The van der Waals surface area contributed by atoms with E-state index in [9.17, 15) is 5.11 Å². The van der Waals surface area contributed by atoms with Gasteiger partial charge in [-0.3, -0.25) is 0 Å². The monoisotopic (exact) mass is 256 g/mol. The molecule has 0 saturated carbocycles. The van der Waals surface area contributed by atoms with Gasteiger partial charge in [-0.05, 0) is 22.8 Å². The fourth-order valence-corrected chi connectivity index (χ4v) is 2.43. The number of benzene rings is 2. The molecule has 1 heterocycles. The van der Waals surface area contributed by atoms with Crippen molar-refractivity contribution in [3.63, 3.8) is 0 Å². The van der Waals surface area contributed by atoms with Crippen molar-refractivity contribution in [3.05, 3.63) is 64.7 Å². The van der Waals surface area contributed by atoms with Crippen LogP contribution in [0.3, 0.4) is 0 Å². The maximum atomic E-state index is 10.5. The van der Waals surface area contributed by atoms with Crippen LogP contribution < -0.4 is 4.74 Å². The highest BCUT2D eigenvalue weighted by Gasteiger charge is 2.18. The minimum atomic E-state index is -0.679. The molecule has 0 radical (unpaired) electrons. The maximum absolute atomic E-state index is 10.5. The Morgan fingerprint density at radius 2 is 1.89 bits per heavy atom. The number of fused-ring (bicyclic) bond motifs is 1. The molecule has 1 unspecified atom stereocenters. The van der Waals surface area contributed by atoms with E-state index in [2.05, 4.69) is 0 Å². The molecule has 3 rings (SSSR count). The van der Waals surface area contributed by atoms with Gasteiger partial charge in [-0.2, -0.15) is 0 Å². The van der Waals surface area contributed by atoms with E-state index in [1.807, 2.05) is 42.5 Å². The third-order valence-electron chi connectivity index (χ3n) is 3.49. The zero-order valence-corrected chi connectivity index (χ0v) is 10.8. The zero-order valence-electron chi connectivity index (χ0n) is 10.8. The Morgan fingerprint density at radius 3 is 2.74 bits per heavy atom. The molecule has 3 heteroatoms. The van der Waals surface area contributed by atoms with Crippen LogP contribution in [0.25, 0.3) is 0 Å². The van der Waals surface area contributed by atoms with Gasteiger partial charge in [0.15, 0.2) is 0 Å². The molecule has 0 amide bonds. The summed E-state index contributed by atoms with van der Waals surface area (Å²) in [5.41, 5.74) is 4.01. The van der Waals surface area contributed by atoms with Gasteiger partial charge in [-0.15, -0.1) is 0 Å². The predicted octanol–water partition coefficient (Wildman–Crippen LogP) is 2.81. The van der Waals surface area contributed by atoms with Crippen molar-refractivity contribution >= 4 is 0 Å². The molecule has 19 heavy (non-hydrogen) atoms. The first kappa shape index (κ1) is 12.2. The quantitative estimate of drug-likeness (QED) is 0.917. The summed E-state index contributed by atoms with van der Waals surface area (Å²) in [6.07, 6.45) is -0.679. The fourth-order valence-electron chi connectivity index (χ4n) is 2.43. The first-order valence-electron chi connectivity index (χ1n) is 6.30. The Bertz CT molecular complexity index is 592. The van der Waals surface area contributed by atoms with Crippen LogP contribution in [-0.4, -0.2) is 12.2 Å². The van der Waals surface area contributed by atoms with Crippen LogP contribution in [0.4, 0.5) is 0 Å². The first-order chi connectivity index (χ1) is 9.29. The number of aliphatic hydroxyl groups is 1. The Balaban J connectivity index is 1.97. The number of rotatable bonds is 3. The average molecular weight is 256 g/mol. The van der Waals surface area contributed by atoms with E-state index in [-0.39, 0.29) is 0 Å². The van der Waals surface area contributed by atoms with E-state index >= 15 is 0 Å². The van der Waals surface area contributed by atoms with Crippen molar-refractivity contribution in [2.75, 3.05) is 7.11 Å². The lowest BCUT2D eigenvalue weighted by atomic mass is 9.97. The molecule has 1 aliphatic rings. The molecule has 2 aromatic carbocycles. The van der Waals surface area contributed by atoms with Crippen LogP contribution in [0.2, 0.25) is 0 Å². The SMILES string of the molecule is COc1ccccc1C(O)c1ccc2c(c1)COC2. The van der Waals surface area contributed by atoms with Crippen LogP contribution in [0.5, 0.6) is 5.75 Å². The van der Waals surface area contributed by atoms with Gasteiger partial charge in [-0.25, -0.2) is 0 Å². The van der Waals surface area contributed by atoms with Gasteiger partial charge in [-0.1, -0.05) is 36.4 Å². The van der Waals surface area contributed by atoms with Gasteiger partial charge in [0.25, 0.3) is 0 Å². The second kappa shape index (κ2) is 5.03. The molecule has 3 nitrogen and oxygen atoms in total. The topological polar surface area (TPSA) is 38.7 Å². The Labute approximate surface area is 112 Å². The van der Waals surface area contributed by atoms with E-state index in [0.29, 0.717) is 19.0 Å². The Morgan fingerprint density at radius 1 is 1.11 bits per heavy atom. The Hall–Kier alpha value is -1.84. The van der Waals surface area contributed by atoms with Gasteiger partial charge >= 0.3 is 0 Å². The molecule has 0 aromatic heterocycles. The summed E-state index contributed by atoms with van der Waals surface area (Å²) in [6.45, 7) is 1.29. The smallest absolute Gasteiger partial charge is 0.125 e. The number of hydrogen-bond acceptors (Lipinski definition) is 3. The third kappa shape index (κ3) is 2.23. The summed E-state index contributed by atoms with van der Waals surface area (Å²) in [7, 11) is 1.61. The van der Waals surface area contributed by atoms with Crippen molar-refractivity contribution in [2.45, 2.75) is 19.3 Å². The van der Waals surface area contributed by atoms with E-state index in [1.54, 1.807) is 7.11 Å². The van der Waals surface area contributed by atoms with Crippen LogP contribution in [0.15, 0.2) is 42.5 Å². The fraction of sp³-hybridized carbons (Fsp3) is 0.250. The molecule has 1 atom stereocenters. The number of aliphatic hydroxyl groups excluding tert-OH is 1. The molecule has 0 fully saturated rings. The summed E-state index contributed by atoms with van der Waals surface area (Å²) in [5, 5.41) is 10.5. The average Bonchev–Trinajstić information content (AvgIpc) is 2.93. The largest absolute Gasteiger partial charge is 0.496 e. The molecule has 2 aromatic rings. The van der Waals surface area contributed by atoms with Crippen LogP contribution in [0.1, 0.15) is 28.4 Å². The third-order valence-corrected chi connectivity index (χ3v) is 3.49. The van der Waals surface area contributed by atoms with Crippen LogP contribution >= 0.6 is 0 Å². The van der Waals surface area contributed by atoms with Crippen molar-refractivity contribution in [1.82, 2.24) is 0 Å². The molecule has 98 valence electrons.